The number of carboxylic acids is 2. The minimum Gasteiger partial charge on any atom is -0.480 e. The van der Waals surface area contributed by atoms with E-state index < -0.39 is 30.1 Å². The van der Waals surface area contributed by atoms with Gasteiger partial charge in [-0.1, -0.05) is 30.3 Å². The summed E-state index contributed by atoms with van der Waals surface area (Å²) < 4.78 is 0. The van der Waals surface area contributed by atoms with Crippen molar-refractivity contribution in [1.82, 2.24) is 10.2 Å². The lowest BCUT2D eigenvalue weighted by atomic mass is 10.0. The molecule has 1 aliphatic heterocycles. The lowest BCUT2D eigenvalue weighted by Gasteiger charge is -2.27. The fraction of sp³-hybridized carbons (Fsp3) is 0.526. The van der Waals surface area contributed by atoms with E-state index in [1.165, 1.54) is 16.7 Å². The molecule has 8 heteroatoms. The van der Waals surface area contributed by atoms with Gasteiger partial charge in [0.15, 0.2) is 0 Å². The first kappa shape index (κ1) is 21.2. The summed E-state index contributed by atoms with van der Waals surface area (Å²) in [4.78, 5) is 37.2. The Balaban J connectivity index is 1.99. The third-order valence-electron chi connectivity index (χ3n) is 4.85. The van der Waals surface area contributed by atoms with Gasteiger partial charge in [-0.05, 0) is 38.0 Å². The number of hydrogen-bond donors (Lipinski definition) is 3. The van der Waals surface area contributed by atoms with E-state index in [-0.39, 0.29) is 11.2 Å². The molecule has 7 nitrogen and oxygen atoms in total. The number of rotatable bonds is 9. The van der Waals surface area contributed by atoms with Crippen molar-refractivity contribution in [3.63, 3.8) is 0 Å². The number of benzene rings is 1. The number of carbonyl (C=O) groups excluding carboxylic acids is 1. The van der Waals surface area contributed by atoms with Gasteiger partial charge in [0.1, 0.15) is 12.1 Å². The van der Waals surface area contributed by atoms with Crippen molar-refractivity contribution in [2.45, 2.75) is 49.6 Å². The highest BCUT2D eigenvalue weighted by Crippen LogP contribution is 2.27. The van der Waals surface area contributed by atoms with Gasteiger partial charge in [-0.3, -0.25) is 14.9 Å². The number of aliphatic carboxylic acids is 2. The molecule has 1 aliphatic rings. The largest absolute Gasteiger partial charge is 0.480 e. The van der Waals surface area contributed by atoms with Crippen LogP contribution in [0.1, 0.15) is 25.3 Å². The molecule has 1 aromatic carbocycles. The monoisotopic (exact) mass is 394 g/mol. The summed E-state index contributed by atoms with van der Waals surface area (Å²) in [6.45, 7) is 1.96. The van der Waals surface area contributed by atoms with E-state index in [9.17, 15) is 24.6 Å². The molecule has 1 fully saturated rings. The molecule has 0 aromatic heterocycles. The summed E-state index contributed by atoms with van der Waals surface area (Å²) in [5.74, 6) is -2.42. The first-order chi connectivity index (χ1) is 12.8. The summed E-state index contributed by atoms with van der Waals surface area (Å²) in [5, 5.41) is 21.8. The summed E-state index contributed by atoms with van der Waals surface area (Å²) >= 11 is 1.54. The van der Waals surface area contributed by atoms with E-state index in [1.54, 1.807) is 6.92 Å². The van der Waals surface area contributed by atoms with Gasteiger partial charge >= 0.3 is 11.9 Å². The predicted octanol–water partition coefficient (Wildman–Crippen LogP) is 1.47. The first-order valence-electron chi connectivity index (χ1n) is 8.92. The van der Waals surface area contributed by atoms with E-state index in [0.717, 1.165) is 5.56 Å². The second kappa shape index (κ2) is 9.75. The Hall–Kier alpha value is -2.06. The van der Waals surface area contributed by atoms with Crippen molar-refractivity contribution in [1.29, 1.82) is 0 Å². The van der Waals surface area contributed by atoms with Gasteiger partial charge in [-0.15, -0.1) is 0 Å². The Labute approximate surface area is 163 Å². The fourth-order valence-electron chi connectivity index (χ4n) is 3.30. The third-order valence-corrected chi connectivity index (χ3v) is 5.86. The van der Waals surface area contributed by atoms with Gasteiger partial charge < -0.3 is 15.1 Å². The molecule has 0 aliphatic carbocycles. The van der Waals surface area contributed by atoms with Crippen LogP contribution in [0.2, 0.25) is 0 Å². The number of carboxylic acid groups (broad SMARTS) is 2. The van der Waals surface area contributed by atoms with E-state index in [0.29, 0.717) is 25.8 Å². The highest BCUT2D eigenvalue weighted by atomic mass is 32.2. The minimum absolute atomic E-state index is 0.0793. The number of nitrogens with zero attached hydrogens (tertiary/aromatic N) is 1. The van der Waals surface area contributed by atoms with Crippen LogP contribution in [0.3, 0.4) is 0 Å². The lowest BCUT2D eigenvalue weighted by molar-refractivity contribution is -0.149. The number of nitrogens with one attached hydrogen (secondary N) is 1. The smallest absolute Gasteiger partial charge is 0.326 e. The number of aryl methyl sites for hydroxylation is 1. The quantitative estimate of drug-likeness (QED) is 0.582. The molecule has 3 N–H and O–H groups in total. The molecule has 2 rings (SSSR count). The standard InChI is InChI=1S/C19H26N2O5S/c1-12(17(22)21-11-14(27-2)10-16(21)19(25)26)20-15(18(23)24)9-8-13-6-4-3-5-7-13/h3-7,12,14-16,20H,8-11H2,1-2H3,(H,23,24)(H,25,26)/t12-,14+,15-,16-/m0/s1. The topological polar surface area (TPSA) is 107 Å². The number of hydrogen-bond acceptors (Lipinski definition) is 5. The predicted molar refractivity (Wildman–Crippen MR) is 104 cm³/mol. The van der Waals surface area contributed by atoms with Gasteiger partial charge in [0.05, 0.1) is 6.04 Å². The molecular weight excluding hydrogens is 368 g/mol. The van der Waals surface area contributed by atoms with E-state index >= 15 is 0 Å². The molecule has 1 heterocycles. The van der Waals surface area contributed by atoms with Crippen LogP contribution in [0.25, 0.3) is 0 Å². The number of thioether (sulfide) groups is 1. The van der Waals surface area contributed by atoms with Crippen LogP contribution in [-0.4, -0.2) is 69.1 Å². The molecule has 0 bridgehead atoms. The molecule has 1 amide bonds. The number of amides is 1. The molecule has 0 spiro atoms. The van der Waals surface area contributed by atoms with Gasteiger partial charge in [0.2, 0.25) is 5.91 Å². The van der Waals surface area contributed by atoms with Crippen LogP contribution in [-0.2, 0) is 20.8 Å². The highest BCUT2D eigenvalue weighted by molar-refractivity contribution is 7.99. The average Bonchev–Trinajstić information content (AvgIpc) is 3.09. The van der Waals surface area contributed by atoms with E-state index in [1.807, 2.05) is 36.6 Å². The summed E-state index contributed by atoms with van der Waals surface area (Å²) in [7, 11) is 0. The normalized spacial score (nSPS) is 21.6. The van der Waals surface area contributed by atoms with Crippen LogP contribution in [0.5, 0.6) is 0 Å². The Morgan fingerprint density at radius 2 is 1.93 bits per heavy atom. The zero-order valence-electron chi connectivity index (χ0n) is 15.5. The molecule has 1 saturated heterocycles. The molecule has 0 unspecified atom stereocenters. The molecule has 4 atom stereocenters. The Morgan fingerprint density at radius 1 is 1.26 bits per heavy atom. The van der Waals surface area contributed by atoms with Crippen molar-refractivity contribution < 1.29 is 24.6 Å². The van der Waals surface area contributed by atoms with Crippen molar-refractivity contribution in [2.24, 2.45) is 0 Å². The maximum Gasteiger partial charge on any atom is 0.326 e. The second-order valence-corrected chi connectivity index (χ2v) is 7.88. The molecule has 0 radical (unpaired) electrons. The molecule has 1 aromatic rings. The van der Waals surface area contributed by atoms with Crippen molar-refractivity contribution in [3.05, 3.63) is 35.9 Å². The first-order valence-corrected chi connectivity index (χ1v) is 10.2. The van der Waals surface area contributed by atoms with Crippen LogP contribution < -0.4 is 5.32 Å². The van der Waals surface area contributed by atoms with E-state index in [4.69, 9.17) is 0 Å². The summed E-state index contributed by atoms with van der Waals surface area (Å²) in [6, 6.07) is 7.03. The van der Waals surface area contributed by atoms with Crippen LogP contribution in [0.15, 0.2) is 30.3 Å². The molecular formula is C19H26N2O5S. The zero-order chi connectivity index (χ0) is 20.0. The maximum atomic E-state index is 12.8. The van der Waals surface area contributed by atoms with Crippen molar-refractivity contribution in [3.8, 4) is 0 Å². The van der Waals surface area contributed by atoms with Crippen LogP contribution in [0.4, 0.5) is 0 Å². The Bertz CT molecular complexity index is 669. The van der Waals surface area contributed by atoms with Gasteiger partial charge in [-0.2, -0.15) is 11.8 Å². The average molecular weight is 394 g/mol. The SMILES string of the molecule is CS[C@@H]1C[C@@H](C(=O)O)N(C(=O)[C@H](C)N[C@@H](CCc2ccccc2)C(=O)O)C1. The number of carbonyl (C=O) groups is 3. The maximum absolute atomic E-state index is 12.8. The molecule has 27 heavy (non-hydrogen) atoms. The third kappa shape index (κ3) is 5.71. The second-order valence-electron chi connectivity index (χ2n) is 6.74. The van der Waals surface area contributed by atoms with Gasteiger partial charge in [0.25, 0.3) is 0 Å². The summed E-state index contributed by atoms with van der Waals surface area (Å²) in [6.07, 6.45) is 3.21. The van der Waals surface area contributed by atoms with Crippen LogP contribution >= 0.6 is 11.8 Å². The van der Waals surface area contributed by atoms with E-state index in [2.05, 4.69) is 5.32 Å². The number of likely N-dealkylation sites (tertiary alicyclic amines) is 1. The lowest BCUT2D eigenvalue weighted by Crippen LogP contribution is -2.53. The fourth-order valence-corrected chi connectivity index (χ4v) is 3.99. The highest BCUT2D eigenvalue weighted by Gasteiger charge is 2.41. The van der Waals surface area contributed by atoms with Crippen molar-refractivity contribution >= 4 is 29.6 Å². The summed E-state index contributed by atoms with van der Waals surface area (Å²) in [5.41, 5.74) is 1.03. The van der Waals surface area contributed by atoms with Gasteiger partial charge in [-0.25, -0.2) is 4.79 Å². The molecule has 0 saturated carbocycles. The van der Waals surface area contributed by atoms with Crippen molar-refractivity contribution in [2.75, 3.05) is 12.8 Å². The minimum atomic E-state index is -1.02. The molecule has 148 valence electrons. The Morgan fingerprint density at radius 3 is 2.48 bits per heavy atom. The Kier molecular flexibility index (Phi) is 7.67. The van der Waals surface area contributed by atoms with Crippen LogP contribution in [0, 0.1) is 0 Å². The zero-order valence-corrected chi connectivity index (χ0v) is 16.3. The van der Waals surface area contributed by atoms with Gasteiger partial charge in [0, 0.05) is 11.8 Å².